The van der Waals surface area contributed by atoms with Crippen LogP contribution in [0.3, 0.4) is 0 Å². The number of rotatable bonds is 6. The Bertz CT molecular complexity index is 1120. The third kappa shape index (κ3) is 3.51. The molecule has 0 spiro atoms. The lowest BCUT2D eigenvalue weighted by Crippen LogP contribution is -2.27. The number of fused-ring (bicyclic) bond motifs is 3. The van der Waals surface area contributed by atoms with E-state index in [0.717, 1.165) is 44.9 Å². The van der Waals surface area contributed by atoms with E-state index in [1.807, 2.05) is 73.8 Å². The predicted molar refractivity (Wildman–Crippen MR) is 111 cm³/mol. The number of aliphatic hydroxyl groups excluding tert-OH is 1. The van der Waals surface area contributed by atoms with Gasteiger partial charge in [-0.15, -0.1) is 0 Å². The molecule has 0 amide bonds. The Morgan fingerprint density at radius 2 is 1.82 bits per heavy atom. The molecule has 6 heteroatoms. The fourth-order valence-electron chi connectivity index (χ4n) is 3.39. The molecule has 2 aromatic heterocycles. The lowest BCUT2D eigenvalue weighted by molar-refractivity contribution is 0.117. The molecule has 6 nitrogen and oxygen atoms in total. The van der Waals surface area contributed by atoms with Crippen molar-refractivity contribution in [3.05, 3.63) is 65.4 Å². The van der Waals surface area contributed by atoms with Gasteiger partial charge in [0.05, 0.1) is 11.2 Å². The quantitative estimate of drug-likeness (QED) is 0.537. The van der Waals surface area contributed by atoms with Gasteiger partial charge in [0.2, 0.25) is 0 Å². The van der Waals surface area contributed by atoms with E-state index >= 15 is 0 Å². The lowest BCUT2D eigenvalue weighted by atomic mass is 10.1. The van der Waals surface area contributed by atoms with Crippen molar-refractivity contribution in [3.8, 4) is 5.75 Å². The van der Waals surface area contributed by atoms with E-state index < -0.39 is 6.10 Å². The van der Waals surface area contributed by atoms with Gasteiger partial charge in [-0.25, -0.2) is 9.50 Å². The van der Waals surface area contributed by atoms with Crippen LogP contribution in [0.4, 0.5) is 5.82 Å². The van der Waals surface area contributed by atoms with E-state index in [9.17, 15) is 5.11 Å². The number of nitrogens with zero attached hydrogens (tertiary/aromatic N) is 3. The first kappa shape index (κ1) is 18.3. The van der Waals surface area contributed by atoms with Crippen LogP contribution in [0.2, 0.25) is 0 Å². The summed E-state index contributed by atoms with van der Waals surface area (Å²) in [5, 5.41) is 19.2. The van der Waals surface area contributed by atoms with Gasteiger partial charge in [-0.2, -0.15) is 5.10 Å². The second-order valence-corrected chi connectivity index (χ2v) is 7.10. The van der Waals surface area contributed by atoms with Crippen molar-refractivity contribution < 1.29 is 9.84 Å². The molecule has 28 heavy (non-hydrogen) atoms. The SMILES string of the molecule is Cc1cc2nc(NC[C@H](O)COc3c(C)cccc3C)c3ccccc3n2n1. The van der Waals surface area contributed by atoms with Crippen molar-refractivity contribution in [2.45, 2.75) is 26.9 Å². The average molecular weight is 376 g/mol. The van der Waals surface area contributed by atoms with Crippen LogP contribution in [0.15, 0.2) is 48.5 Å². The first-order valence-corrected chi connectivity index (χ1v) is 9.39. The Hall–Kier alpha value is -3.12. The van der Waals surface area contributed by atoms with Crippen molar-refractivity contribution in [1.82, 2.24) is 14.6 Å². The Labute approximate surface area is 163 Å². The molecule has 1 atom stereocenters. The molecule has 0 aliphatic heterocycles. The monoisotopic (exact) mass is 376 g/mol. The van der Waals surface area contributed by atoms with Gasteiger partial charge in [-0.1, -0.05) is 30.3 Å². The molecule has 0 saturated heterocycles. The van der Waals surface area contributed by atoms with Crippen molar-refractivity contribution in [3.63, 3.8) is 0 Å². The van der Waals surface area contributed by atoms with Crippen LogP contribution in [0.25, 0.3) is 16.6 Å². The number of benzene rings is 2. The zero-order valence-corrected chi connectivity index (χ0v) is 16.3. The average Bonchev–Trinajstić information content (AvgIpc) is 3.06. The van der Waals surface area contributed by atoms with Crippen LogP contribution >= 0.6 is 0 Å². The maximum atomic E-state index is 10.4. The molecular weight excluding hydrogens is 352 g/mol. The first-order chi connectivity index (χ1) is 13.5. The minimum absolute atomic E-state index is 0.213. The molecule has 144 valence electrons. The fourth-order valence-corrected chi connectivity index (χ4v) is 3.39. The fraction of sp³-hybridized carbons (Fsp3) is 0.273. The molecular formula is C22H24N4O2. The molecule has 2 N–H and O–H groups in total. The summed E-state index contributed by atoms with van der Waals surface area (Å²) in [6.07, 6.45) is -0.664. The molecule has 0 saturated carbocycles. The zero-order chi connectivity index (χ0) is 19.7. The number of aliphatic hydroxyl groups is 1. The molecule has 2 heterocycles. The molecule has 0 bridgehead atoms. The molecule has 0 aliphatic carbocycles. The Morgan fingerprint density at radius 3 is 2.61 bits per heavy atom. The van der Waals surface area contributed by atoms with E-state index in [1.165, 1.54) is 0 Å². The summed E-state index contributed by atoms with van der Waals surface area (Å²) in [4.78, 5) is 4.68. The van der Waals surface area contributed by atoms with Gasteiger partial charge in [0.25, 0.3) is 0 Å². The van der Waals surface area contributed by atoms with Gasteiger partial charge in [0.1, 0.15) is 24.3 Å². The summed E-state index contributed by atoms with van der Waals surface area (Å²) in [6.45, 7) is 6.51. The van der Waals surface area contributed by atoms with Gasteiger partial charge in [0.15, 0.2) is 5.65 Å². The van der Waals surface area contributed by atoms with Crippen LogP contribution in [0.5, 0.6) is 5.75 Å². The number of ether oxygens (including phenoxy) is 1. The normalized spacial score (nSPS) is 12.4. The number of anilines is 1. The largest absolute Gasteiger partial charge is 0.490 e. The summed E-state index contributed by atoms with van der Waals surface area (Å²) in [6, 6.07) is 15.9. The summed E-state index contributed by atoms with van der Waals surface area (Å²) < 4.78 is 7.70. The number of nitrogens with one attached hydrogen (secondary N) is 1. The van der Waals surface area contributed by atoms with Crippen molar-refractivity contribution in [1.29, 1.82) is 0 Å². The van der Waals surface area contributed by atoms with Crippen LogP contribution in [0.1, 0.15) is 16.8 Å². The van der Waals surface area contributed by atoms with E-state index in [0.29, 0.717) is 6.54 Å². The molecule has 0 fully saturated rings. The molecule has 0 radical (unpaired) electrons. The first-order valence-electron chi connectivity index (χ1n) is 9.39. The number of para-hydroxylation sites is 2. The highest BCUT2D eigenvalue weighted by molar-refractivity contribution is 5.91. The minimum Gasteiger partial charge on any atom is -0.490 e. The van der Waals surface area contributed by atoms with Crippen molar-refractivity contribution >= 4 is 22.4 Å². The summed E-state index contributed by atoms with van der Waals surface area (Å²) in [5.74, 6) is 1.57. The molecule has 4 rings (SSSR count). The van der Waals surface area contributed by atoms with Gasteiger partial charge >= 0.3 is 0 Å². The van der Waals surface area contributed by atoms with Crippen LogP contribution < -0.4 is 10.1 Å². The van der Waals surface area contributed by atoms with Crippen LogP contribution in [0, 0.1) is 20.8 Å². The number of aryl methyl sites for hydroxylation is 3. The zero-order valence-electron chi connectivity index (χ0n) is 16.3. The van der Waals surface area contributed by atoms with Crippen LogP contribution in [-0.4, -0.2) is 39.0 Å². The number of hydrogen-bond acceptors (Lipinski definition) is 5. The summed E-state index contributed by atoms with van der Waals surface area (Å²) in [5.41, 5.74) is 4.80. The Kier molecular flexibility index (Phi) is 4.88. The van der Waals surface area contributed by atoms with Gasteiger partial charge in [-0.05, 0) is 44.0 Å². The highest BCUT2D eigenvalue weighted by Gasteiger charge is 2.13. The maximum absolute atomic E-state index is 10.4. The molecule has 0 aliphatic rings. The predicted octanol–water partition coefficient (Wildman–Crippen LogP) is 3.66. The van der Waals surface area contributed by atoms with E-state index in [4.69, 9.17) is 4.74 Å². The van der Waals surface area contributed by atoms with E-state index in [2.05, 4.69) is 15.4 Å². The third-order valence-corrected chi connectivity index (χ3v) is 4.76. The minimum atomic E-state index is -0.664. The Balaban J connectivity index is 1.50. The Morgan fingerprint density at radius 1 is 1.07 bits per heavy atom. The van der Waals surface area contributed by atoms with E-state index in [-0.39, 0.29) is 6.61 Å². The third-order valence-electron chi connectivity index (χ3n) is 4.76. The van der Waals surface area contributed by atoms with E-state index in [1.54, 1.807) is 0 Å². The van der Waals surface area contributed by atoms with Gasteiger partial charge in [-0.3, -0.25) is 0 Å². The lowest BCUT2D eigenvalue weighted by Gasteiger charge is -2.17. The number of aromatic nitrogens is 3. The van der Waals surface area contributed by atoms with Crippen molar-refractivity contribution in [2.75, 3.05) is 18.5 Å². The highest BCUT2D eigenvalue weighted by atomic mass is 16.5. The standard InChI is InChI=1S/C22H24N4O2/c1-14-7-6-8-15(2)21(14)28-13-17(27)12-23-22-18-9-4-5-10-19(18)26-20(24-22)11-16(3)25-26/h4-11,17,27H,12-13H2,1-3H3,(H,23,24)/t17-/m0/s1. The molecule has 2 aromatic carbocycles. The second kappa shape index (κ2) is 7.48. The second-order valence-electron chi connectivity index (χ2n) is 7.10. The molecule has 0 unspecified atom stereocenters. The van der Waals surface area contributed by atoms with Gasteiger partial charge < -0.3 is 15.2 Å². The summed E-state index contributed by atoms with van der Waals surface area (Å²) in [7, 11) is 0. The van der Waals surface area contributed by atoms with Crippen molar-refractivity contribution in [2.24, 2.45) is 0 Å². The maximum Gasteiger partial charge on any atom is 0.158 e. The topological polar surface area (TPSA) is 71.7 Å². The highest BCUT2D eigenvalue weighted by Crippen LogP contribution is 2.24. The molecule has 4 aromatic rings. The number of hydrogen-bond donors (Lipinski definition) is 2. The smallest absolute Gasteiger partial charge is 0.158 e. The van der Waals surface area contributed by atoms with Gasteiger partial charge in [0, 0.05) is 18.0 Å². The van der Waals surface area contributed by atoms with Crippen LogP contribution in [-0.2, 0) is 0 Å². The summed E-state index contributed by atoms with van der Waals surface area (Å²) >= 11 is 0.